The predicted octanol–water partition coefficient (Wildman–Crippen LogP) is 5.32. The van der Waals surface area contributed by atoms with Crippen molar-refractivity contribution in [2.45, 2.75) is 17.7 Å². The standard InChI is InChI=1S/C23H22ClNO2S/c1-17-12-14-20(15-13-17)28(26,27)25-16-18(2)23(19-8-4-3-5-9-19)21-10-6-7-11-22(21)24/h3-15,23,25H,2,16H2,1H3. The summed E-state index contributed by atoms with van der Waals surface area (Å²) in [7, 11) is -3.62. The molecule has 0 aliphatic heterocycles. The molecule has 3 aromatic rings. The molecule has 1 N–H and O–H groups in total. The van der Waals surface area contributed by atoms with E-state index in [1.165, 1.54) is 0 Å². The lowest BCUT2D eigenvalue weighted by atomic mass is 9.85. The first-order chi connectivity index (χ1) is 13.4. The molecule has 0 bridgehead atoms. The Balaban J connectivity index is 1.86. The minimum Gasteiger partial charge on any atom is -0.207 e. The largest absolute Gasteiger partial charge is 0.240 e. The first kappa shape index (κ1) is 20.3. The Bertz CT molecular complexity index is 1060. The van der Waals surface area contributed by atoms with Crippen molar-refractivity contribution in [3.63, 3.8) is 0 Å². The minimum absolute atomic E-state index is 0.112. The second-order valence-corrected chi connectivity index (χ2v) is 8.84. The average molecular weight is 412 g/mol. The number of hydrogen-bond acceptors (Lipinski definition) is 2. The van der Waals surface area contributed by atoms with Gasteiger partial charge in [-0.15, -0.1) is 0 Å². The Labute approximate surface area is 171 Å². The number of benzene rings is 3. The fraction of sp³-hybridized carbons (Fsp3) is 0.130. The highest BCUT2D eigenvalue weighted by Gasteiger charge is 2.22. The molecular formula is C23H22ClNO2S. The molecular weight excluding hydrogens is 390 g/mol. The first-order valence-electron chi connectivity index (χ1n) is 8.92. The number of halogens is 1. The van der Waals surface area contributed by atoms with Gasteiger partial charge >= 0.3 is 0 Å². The third-order valence-corrected chi connectivity index (χ3v) is 6.34. The summed E-state index contributed by atoms with van der Waals surface area (Å²) in [5, 5.41) is 0.624. The van der Waals surface area contributed by atoms with Crippen LogP contribution in [0.25, 0.3) is 0 Å². The van der Waals surface area contributed by atoms with Gasteiger partial charge in [0.15, 0.2) is 0 Å². The third-order valence-electron chi connectivity index (χ3n) is 4.58. The molecule has 0 aliphatic carbocycles. The maximum Gasteiger partial charge on any atom is 0.240 e. The molecule has 0 radical (unpaired) electrons. The van der Waals surface area contributed by atoms with Crippen molar-refractivity contribution in [3.8, 4) is 0 Å². The van der Waals surface area contributed by atoms with E-state index < -0.39 is 10.0 Å². The topological polar surface area (TPSA) is 46.2 Å². The van der Waals surface area contributed by atoms with Gasteiger partial charge in [0, 0.05) is 17.5 Å². The molecule has 1 unspecified atom stereocenters. The van der Waals surface area contributed by atoms with Crippen molar-refractivity contribution >= 4 is 21.6 Å². The quantitative estimate of drug-likeness (QED) is 0.535. The van der Waals surface area contributed by atoms with E-state index in [0.717, 1.165) is 22.3 Å². The van der Waals surface area contributed by atoms with Crippen LogP contribution in [0.5, 0.6) is 0 Å². The van der Waals surface area contributed by atoms with E-state index in [2.05, 4.69) is 11.3 Å². The Morgan fingerprint density at radius 1 is 0.964 bits per heavy atom. The van der Waals surface area contributed by atoms with Gasteiger partial charge in [0.1, 0.15) is 0 Å². The van der Waals surface area contributed by atoms with Crippen molar-refractivity contribution in [2.75, 3.05) is 6.54 Å². The highest BCUT2D eigenvalue weighted by molar-refractivity contribution is 7.89. The van der Waals surface area contributed by atoms with Crippen LogP contribution in [0.15, 0.2) is 95.9 Å². The SMILES string of the molecule is C=C(CNS(=O)(=O)c1ccc(C)cc1)C(c1ccccc1)c1ccccc1Cl. The zero-order valence-corrected chi connectivity index (χ0v) is 17.2. The molecule has 0 saturated carbocycles. The highest BCUT2D eigenvalue weighted by atomic mass is 35.5. The molecule has 0 heterocycles. The predicted molar refractivity (Wildman–Crippen MR) is 115 cm³/mol. The lowest BCUT2D eigenvalue weighted by molar-refractivity contribution is 0.584. The Hall–Kier alpha value is -2.40. The van der Waals surface area contributed by atoms with E-state index in [0.29, 0.717) is 5.02 Å². The normalized spacial score (nSPS) is 12.5. The smallest absolute Gasteiger partial charge is 0.207 e. The van der Waals surface area contributed by atoms with Crippen molar-refractivity contribution in [1.29, 1.82) is 0 Å². The number of hydrogen-bond donors (Lipinski definition) is 1. The van der Waals surface area contributed by atoms with Gasteiger partial charge in [-0.05, 0) is 36.2 Å². The summed E-state index contributed by atoms with van der Waals surface area (Å²) in [6.07, 6.45) is 0. The maximum absolute atomic E-state index is 12.6. The van der Waals surface area contributed by atoms with Crippen molar-refractivity contribution in [1.82, 2.24) is 4.72 Å². The number of sulfonamides is 1. The van der Waals surface area contributed by atoms with Crippen molar-refractivity contribution in [2.24, 2.45) is 0 Å². The summed E-state index contributed by atoms with van der Waals surface area (Å²) in [5.74, 6) is -0.212. The zero-order valence-electron chi connectivity index (χ0n) is 15.6. The van der Waals surface area contributed by atoms with Crippen LogP contribution in [0.4, 0.5) is 0 Å². The molecule has 3 nitrogen and oxygen atoms in total. The van der Waals surface area contributed by atoms with Gasteiger partial charge in [0.2, 0.25) is 10.0 Å². The Morgan fingerprint density at radius 2 is 1.57 bits per heavy atom. The number of rotatable bonds is 7. The summed E-state index contributed by atoms with van der Waals surface area (Å²) in [6.45, 7) is 6.20. The van der Waals surface area contributed by atoms with E-state index in [9.17, 15) is 8.42 Å². The van der Waals surface area contributed by atoms with Gasteiger partial charge < -0.3 is 0 Å². The summed E-state index contributed by atoms with van der Waals surface area (Å²) >= 11 is 6.43. The van der Waals surface area contributed by atoms with Crippen LogP contribution >= 0.6 is 11.6 Å². The minimum atomic E-state index is -3.62. The molecule has 3 aromatic carbocycles. The monoisotopic (exact) mass is 411 g/mol. The van der Waals surface area contributed by atoms with Gasteiger partial charge in [0.25, 0.3) is 0 Å². The number of aryl methyl sites for hydroxylation is 1. The maximum atomic E-state index is 12.6. The summed E-state index contributed by atoms with van der Waals surface area (Å²) in [5.41, 5.74) is 3.63. The van der Waals surface area contributed by atoms with Crippen LogP contribution in [-0.4, -0.2) is 15.0 Å². The molecule has 0 amide bonds. The molecule has 0 saturated heterocycles. The van der Waals surface area contributed by atoms with Crippen molar-refractivity contribution < 1.29 is 8.42 Å². The lowest BCUT2D eigenvalue weighted by Crippen LogP contribution is -2.27. The van der Waals surface area contributed by atoms with E-state index in [4.69, 9.17) is 11.6 Å². The van der Waals surface area contributed by atoms with Gasteiger partial charge in [-0.1, -0.05) is 90.0 Å². The van der Waals surface area contributed by atoms with E-state index in [1.807, 2.05) is 61.5 Å². The fourth-order valence-corrected chi connectivity index (χ4v) is 4.36. The second-order valence-electron chi connectivity index (χ2n) is 6.66. The molecule has 0 aromatic heterocycles. The lowest BCUT2D eigenvalue weighted by Gasteiger charge is -2.22. The van der Waals surface area contributed by atoms with E-state index in [-0.39, 0.29) is 17.4 Å². The zero-order chi connectivity index (χ0) is 20.1. The molecule has 0 fully saturated rings. The second kappa shape index (κ2) is 8.74. The summed E-state index contributed by atoms with van der Waals surface area (Å²) in [4.78, 5) is 0.236. The van der Waals surface area contributed by atoms with Crippen molar-refractivity contribution in [3.05, 3.63) is 113 Å². The van der Waals surface area contributed by atoms with Crippen LogP contribution < -0.4 is 4.72 Å². The molecule has 144 valence electrons. The summed E-state index contributed by atoms with van der Waals surface area (Å²) < 4.78 is 27.9. The number of nitrogens with one attached hydrogen (secondary N) is 1. The third kappa shape index (κ3) is 4.71. The van der Waals surface area contributed by atoms with Gasteiger partial charge in [-0.25, -0.2) is 13.1 Å². The van der Waals surface area contributed by atoms with Crippen LogP contribution in [0.3, 0.4) is 0 Å². The molecule has 0 aliphatic rings. The Morgan fingerprint density at radius 3 is 2.21 bits per heavy atom. The van der Waals surface area contributed by atoms with E-state index in [1.54, 1.807) is 24.3 Å². The molecule has 0 spiro atoms. The van der Waals surface area contributed by atoms with Crippen LogP contribution in [-0.2, 0) is 10.0 Å². The van der Waals surface area contributed by atoms with Gasteiger partial charge in [-0.3, -0.25) is 0 Å². The molecule has 5 heteroatoms. The fourth-order valence-electron chi connectivity index (χ4n) is 3.08. The first-order valence-corrected chi connectivity index (χ1v) is 10.8. The van der Waals surface area contributed by atoms with Crippen LogP contribution in [0.2, 0.25) is 5.02 Å². The molecule has 3 rings (SSSR count). The van der Waals surface area contributed by atoms with E-state index >= 15 is 0 Å². The molecule has 28 heavy (non-hydrogen) atoms. The van der Waals surface area contributed by atoms with Crippen LogP contribution in [0.1, 0.15) is 22.6 Å². The van der Waals surface area contributed by atoms with Crippen LogP contribution in [0, 0.1) is 6.92 Å². The molecule has 1 atom stereocenters. The Kier molecular flexibility index (Phi) is 6.35. The van der Waals surface area contributed by atoms with Gasteiger partial charge in [0.05, 0.1) is 4.90 Å². The van der Waals surface area contributed by atoms with Gasteiger partial charge in [-0.2, -0.15) is 0 Å². The average Bonchev–Trinajstić information content (AvgIpc) is 2.69. The summed E-state index contributed by atoms with van der Waals surface area (Å²) in [6, 6.07) is 24.1. The highest BCUT2D eigenvalue weighted by Crippen LogP contribution is 2.35.